The quantitative estimate of drug-likeness (QED) is 0.107. The van der Waals surface area contributed by atoms with Crippen molar-refractivity contribution < 1.29 is 9.31 Å². The second-order valence-corrected chi connectivity index (χ2v) is 25.7. The van der Waals surface area contributed by atoms with Crippen LogP contribution >= 0.6 is 15.9 Å². The Labute approximate surface area is 592 Å². The third-order valence-corrected chi connectivity index (χ3v) is 18.6. The van der Waals surface area contributed by atoms with Crippen LogP contribution in [0.1, 0.15) is 33.3 Å². The molecule has 16 aromatic rings. The van der Waals surface area contributed by atoms with Gasteiger partial charge < -0.3 is 9.31 Å². The topological polar surface area (TPSA) is 122 Å². The number of hydrogen-bond acceptors (Lipinski definition) is 10. The van der Waals surface area contributed by atoms with Gasteiger partial charge in [0.2, 0.25) is 0 Å². The Bertz CT molecular complexity index is 4670. The molecule has 0 unspecified atom stereocenters. The molecule has 10 nitrogen and oxygen atoms in total. The van der Waals surface area contributed by atoms with Crippen LogP contribution in [-0.2, 0) is 9.31 Å². The Balaban J connectivity index is 0.000000114. The van der Waals surface area contributed by atoms with Gasteiger partial charge in [0.1, 0.15) is 0 Å². The number of aromatic nitrogens is 8. The minimum atomic E-state index is -0.160. The fourth-order valence-corrected chi connectivity index (χ4v) is 12.9. The van der Waals surface area contributed by atoms with Crippen LogP contribution in [0.25, 0.3) is 134 Å². The van der Waals surface area contributed by atoms with E-state index in [0.717, 1.165) is 49.2 Å². The molecule has 1 aliphatic rings. The highest BCUT2D eigenvalue weighted by molar-refractivity contribution is 9.10. The number of halogens is 1. The van der Waals surface area contributed by atoms with Crippen molar-refractivity contribution in [2.45, 2.75) is 52.6 Å². The Morgan fingerprint density at radius 3 is 0.700 bits per heavy atom. The van der Waals surface area contributed by atoms with Crippen LogP contribution in [0.2, 0.25) is 6.82 Å². The van der Waals surface area contributed by atoms with Crippen LogP contribution in [0.4, 0.5) is 0 Å². The number of nitrogens with zero attached hydrogens (tertiary/aromatic N) is 8. The van der Waals surface area contributed by atoms with Gasteiger partial charge in [0.05, 0.1) is 22.6 Å². The van der Waals surface area contributed by atoms with Crippen molar-refractivity contribution in [2.75, 3.05) is 0 Å². The summed E-state index contributed by atoms with van der Waals surface area (Å²) >= 11 is 3.77. The first-order valence-electron chi connectivity index (χ1n) is 33.4. The number of pyridine rings is 2. The molecule has 1 fully saturated rings. The minimum absolute atomic E-state index is 0.0648. The van der Waals surface area contributed by atoms with E-state index in [4.69, 9.17) is 9.31 Å². The molecule has 17 rings (SSSR count). The maximum Gasteiger partial charge on any atom is 0.454 e. The Kier molecular flexibility index (Phi) is 20.7. The Hall–Kier alpha value is -11.5. The molecule has 5 heterocycles. The zero-order chi connectivity index (χ0) is 68.8. The van der Waals surface area contributed by atoms with Crippen molar-refractivity contribution >= 4 is 66.1 Å². The summed E-state index contributed by atoms with van der Waals surface area (Å²) in [6.45, 7) is 12.3. The second-order valence-electron chi connectivity index (χ2n) is 24.9. The Morgan fingerprint density at radius 2 is 0.480 bits per heavy atom. The van der Waals surface area contributed by atoms with Crippen molar-refractivity contribution in [3.63, 3.8) is 0 Å². The minimum Gasteiger partial charge on any atom is -0.403 e. The molecule has 0 bridgehead atoms. The van der Waals surface area contributed by atoms with E-state index in [1.807, 2.05) is 225 Å². The molecular weight excluding hydrogens is 1290 g/mol. The number of aryl methyl sites for hydroxylation is 1. The maximum atomic E-state index is 5.54. The second kappa shape index (κ2) is 30.9. The van der Waals surface area contributed by atoms with Gasteiger partial charge in [0.25, 0.3) is 0 Å². The fraction of sp³-hybridized carbons (Fsp3) is 0.0909. The summed E-state index contributed by atoms with van der Waals surface area (Å²) in [5.74, 6) is 4.10. The third kappa shape index (κ3) is 15.3. The normalized spacial score (nSPS) is 12.6. The van der Waals surface area contributed by atoms with E-state index in [-0.39, 0.29) is 18.3 Å². The van der Waals surface area contributed by atoms with Gasteiger partial charge in [0.15, 0.2) is 34.9 Å². The highest BCUT2D eigenvalue weighted by Crippen LogP contribution is 2.42. The predicted octanol–water partition coefficient (Wildman–Crippen LogP) is 22.6. The lowest BCUT2D eigenvalue weighted by Crippen LogP contribution is -2.41. The van der Waals surface area contributed by atoms with Crippen LogP contribution in [0.15, 0.2) is 332 Å². The summed E-state index contributed by atoms with van der Waals surface area (Å²) in [5, 5.41) is 10.0. The first-order valence-corrected chi connectivity index (χ1v) is 34.2. The highest BCUT2D eigenvalue weighted by atomic mass is 79.9. The fourth-order valence-electron chi connectivity index (χ4n) is 12.2. The molecule has 0 saturated carbocycles. The first-order chi connectivity index (χ1) is 48.9. The largest absolute Gasteiger partial charge is 0.454 e. The lowest BCUT2D eigenvalue weighted by Gasteiger charge is -2.32. The molecule has 1 aliphatic heterocycles. The van der Waals surface area contributed by atoms with Crippen LogP contribution < -0.4 is 0 Å². The van der Waals surface area contributed by atoms with Gasteiger partial charge in [-0.15, -0.1) is 0 Å². The molecule has 0 amide bonds. The van der Waals surface area contributed by atoms with Gasteiger partial charge >= 0.3 is 7.12 Å². The van der Waals surface area contributed by atoms with E-state index < -0.39 is 0 Å². The molecule has 0 aliphatic carbocycles. The van der Waals surface area contributed by atoms with Crippen molar-refractivity contribution in [1.82, 2.24) is 39.9 Å². The first kappa shape index (κ1) is 67.1. The highest BCUT2D eigenvalue weighted by Gasteiger charge is 2.48. The summed E-state index contributed by atoms with van der Waals surface area (Å²) in [7, 11) is -0.0648. The summed E-state index contributed by atoms with van der Waals surface area (Å²) in [6.07, 6.45) is 3.71. The summed E-state index contributed by atoms with van der Waals surface area (Å²) in [4.78, 5) is 37.2. The van der Waals surface area contributed by atoms with Gasteiger partial charge in [0, 0.05) is 61.4 Å². The SMILES string of the molecule is Brc1c2ccccc2c(-c2ccccn2)c2ccccc12.CB1OC(C)(C)C(C)(C)O1.Cc1c2ccccc2c(-c2ccccn2)c2ccccc12.c1ccc(-c2nc(-c3ccccc3)nc(-c3ccccc3)n2)cc1.c1ccc(-c2nc(-c3ccccc3)nc(-c3ccccc3)n2)cc1. The molecular formula is C88H72BBrN8O2. The van der Waals surface area contributed by atoms with Gasteiger partial charge in [-0.2, -0.15) is 0 Å². The molecule has 486 valence electrons. The van der Waals surface area contributed by atoms with Crippen LogP contribution in [0, 0.1) is 6.92 Å². The number of hydrogen-bond donors (Lipinski definition) is 0. The van der Waals surface area contributed by atoms with Gasteiger partial charge in [-0.3, -0.25) is 9.97 Å². The standard InChI is InChI=1S/2C21H15N3.C20H15N.C19H12BrN.C7H15BO2/c2*1-4-10-16(11-5-1)19-22-20(17-12-6-2-7-13-17)24-21(23-19)18-14-8-3-9-15-18;1-14-15-8-2-4-10-17(15)20(19-12-6-7-13-21-19)18-11-5-3-9-16(14)18;20-19-15-9-3-1-7-13(15)18(17-11-5-6-12-21-17)14-8-2-4-10-16(14)19;1-6(2)7(3,4)10-8(5)9-6/h2*1-15H;2-13H,1H3;1-12H;1-5H3. The van der Waals surface area contributed by atoms with Gasteiger partial charge in [-0.1, -0.05) is 291 Å². The van der Waals surface area contributed by atoms with Crippen LogP contribution in [-0.4, -0.2) is 58.2 Å². The van der Waals surface area contributed by atoms with Crippen molar-refractivity contribution in [1.29, 1.82) is 0 Å². The number of rotatable bonds is 8. The summed E-state index contributed by atoms with van der Waals surface area (Å²) in [6, 6.07) is 106. The van der Waals surface area contributed by atoms with Crippen molar-refractivity contribution in [2.24, 2.45) is 0 Å². The van der Waals surface area contributed by atoms with Gasteiger partial charge in [-0.25, -0.2) is 29.9 Å². The van der Waals surface area contributed by atoms with E-state index in [9.17, 15) is 0 Å². The van der Waals surface area contributed by atoms with E-state index in [2.05, 4.69) is 200 Å². The smallest absolute Gasteiger partial charge is 0.403 e. The zero-order valence-corrected chi connectivity index (χ0v) is 58.1. The molecule has 0 radical (unpaired) electrons. The molecule has 100 heavy (non-hydrogen) atoms. The maximum absolute atomic E-state index is 5.54. The molecule has 0 N–H and O–H groups in total. The molecule has 4 aromatic heterocycles. The molecule has 0 atom stereocenters. The van der Waals surface area contributed by atoms with E-state index in [0.29, 0.717) is 34.9 Å². The van der Waals surface area contributed by atoms with E-state index >= 15 is 0 Å². The summed E-state index contributed by atoms with van der Waals surface area (Å²) in [5.41, 5.74) is 11.4. The lowest BCUT2D eigenvalue weighted by molar-refractivity contribution is 0.00578. The molecule has 12 aromatic carbocycles. The molecule has 12 heteroatoms. The lowest BCUT2D eigenvalue weighted by atomic mass is 9.90. The van der Waals surface area contributed by atoms with Crippen molar-refractivity contribution in [3.8, 4) is 90.8 Å². The van der Waals surface area contributed by atoms with Crippen molar-refractivity contribution in [3.05, 3.63) is 338 Å². The molecule has 0 spiro atoms. The molecule has 1 saturated heterocycles. The Morgan fingerprint density at radius 1 is 0.270 bits per heavy atom. The van der Waals surface area contributed by atoms with Crippen LogP contribution in [0.3, 0.4) is 0 Å². The average molecular weight is 1360 g/mol. The predicted molar refractivity (Wildman–Crippen MR) is 416 cm³/mol. The zero-order valence-electron chi connectivity index (χ0n) is 56.5. The number of fused-ring (bicyclic) bond motifs is 4. The van der Waals surface area contributed by atoms with E-state index in [1.54, 1.807) is 0 Å². The monoisotopic (exact) mass is 1360 g/mol. The van der Waals surface area contributed by atoms with E-state index in [1.165, 1.54) is 59.8 Å². The number of benzene rings is 12. The van der Waals surface area contributed by atoms with Crippen LogP contribution in [0.5, 0.6) is 0 Å². The van der Waals surface area contributed by atoms with Gasteiger partial charge in [-0.05, 0) is 130 Å². The third-order valence-electron chi connectivity index (χ3n) is 17.7. The average Bonchev–Trinajstić information content (AvgIpc) is 1.06. The summed E-state index contributed by atoms with van der Waals surface area (Å²) < 4.78 is 12.2.